The minimum Gasteiger partial charge on any atom is -0.508 e. The quantitative estimate of drug-likeness (QED) is 0.286. The summed E-state index contributed by atoms with van der Waals surface area (Å²) in [5, 5.41) is 50.0. The van der Waals surface area contributed by atoms with Gasteiger partial charge < -0.3 is 30.3 Å². The average molecular weight is 527 g/mol. The molecule has 0 spiro atoms. The van der Waals surface area contributed by atoms with Gasteiger partial charge in [0, 0.05) is 17.7 Å². The fourth-order valence-electron chi connectivity index (χ4n) is 2.50. The minimum atomic E-state index is -1.80. The molecule has 6 nitrogen and oxygen atoms in total. The number of phenolic OH excluding ortho intramolecular Hbond substituents is 4. The Morgan fingerprint density at radius 1 is 0.917 bits per heavy atom. The van der Waals surface area contributed by atoms with Crippen LogP contribution >= 0.6 is 47.8 Å². The first-order valence-corrected chi connectivity index (χ1v) is 9.09. The summed E-state index contributed by atoms with van der Waals surface area (Å²) in [5.41, 5.74) is 0.528. The van der Waals surface area contributed by atoms with Gasteiger partial charge >= 0.3 is 0 Å². The normalized spacial score (nSPS) is 28.9. The van der Waals surface area contributed by atoms with Gasteiger partial charge in [0.15, 0.2) is 16.0 Å². The van der Waals surface area contributed by atoms with Crippen LogP contribution in [0.25, 0.3) is 0 Å². The molecular formula is C15H11Br3O6. The Bertz CT molecular complexity index is 825. The van der Waals surface area contributed by atoms with E-state index >= 15 is 0 Å². The standard InChI is InChI=1S/C15H11Br3O6/c16-13-12-10(22)4-7(19)5-11(12)24-15(18,14(13,17)23)6-1-2-8(20)9(21)3-6/h1-5,13,19-23H/t13?,14-,15?/m0/s1. The molecule has 0 fully saturated rings. The van der Waals surface area contributed by atoms with Crippen LogP contribution in [-0.4, -0.2) is 30.0 Å². The van der Waals surface area contributed by atoms with Crippen LogP contribution in [0, 0.1) is 0 Å². The van der Waals surface area contributed by atoms with Gasteiger partial charge in [-0.25, -0.2) is 0 Å². The Morgan fingerprint density at radius 3 is 2.21 bits per heavy atom. The second-order valence-corrected chi connectivity index (χ2v) is 8.55. The van der Waals surface area contributed by atoms with Gasteiger partial charge in [-0.1, -0.05) is 22.0 Å². The molecule has 1 heterocycles. The monoisotopic (exact) mass is 524 g/mol. The topological polar surface area (TPSA) is 110 Å². The second kappa shape index (κ2) is 5.69. The van der Waals surface area contributed by atoms with Crippen molar-refractivity contribution in [2.45, 2.75) is 13.8 Å². The predicted octanol–water partition coefficient (Wildman–Crippen LogP) is 3.67. The number of rotatable bonds is 1. The lowest BCUT2D eigenvalue weighted by Crippen LogP contribution is -2.52. The molecule has 0 saturated carbocycles. The van der Waals surface area contributed by atoms with Gasteiger partial charge in [0.1, 0.15) is 17.2 Å². The van der Waals surface area contributed by atoms with Gasteiger partial charge in [0.2, 0.25) is 4.51 Å². The molecule has 3 atom stereocenters. The molecule has 3 rings (SSSR count). The van der Waals surface area contributed by atoms with Crippen molar-refractivity contribution >= 4 is 47.8 Å². The molecule has 128 valence electrons. The van der Waals surface area contributed by atoms with Crippen molar-refractivity contribution in [1.82, 2.24) is 0 Å². The van der Waals surface area contributed by atoms with Gasteiger partial charge in [-0.15, -0.1) is 0 Å². The van der Waals surface area contributed by atoms with Crippen molar-refractivity contribution in [3.8, 4) is 28.7 Å². The highest BCUT2D eigenvalue weighted by atomic mass is 79.9. The van der Waals surface area contributed by atoms with Crippen LogP contribution in [0.3, 0.4) is 0 Å². The number of fused-ring (bicyclic) bond motifs is 1. The SMILES string of the molecule is Oc1cc(O)c2c(c1)OC(Br)(c1ccc(O)c(O)c1)[C@](O)(Br)C2Br. The molecule has 2 aromatic carbocycles. The van der Waals surface area contributed by atoms with E-state index in [0.717, 1.165) is 6.07 Å². The minimum absolute atomic E-state index is 0.128. The van der Waals surface area contributed by atoms with Crippen molar-refractivity contribution < 1.29 is 30.3 Å². The zero-order valence-electron chi connectivity index (χ0n) is 11.7. The summed E-state index contributed by atoms with van der Waals surface area (Å²) < 4.78 is 2.42. The highest BCUT2D eigenvalue weighted by Crippen LogP contribution is 2.62. The zero-order valence-corrected chi connectivity index (χ0v) is 16.5. The lowest BCUT2D eigenvalue weighted by Gasteiger charge is -2.46. The van der Waals surface area contributed by atoms with E-state index in [1.807, 2.05) is 0 Å². The van der Waals surface area contributed by atoms with Crippen molar-refractivity contribution in [2.24, 2.45) is 0 Å². The molecule has 0 aliphatic carbocycles. The molecule has 2 unspecified atom stereocenters. The van der Waals surface area contributed by atoms with Crippen LogP contribution < -0.4 is 4.74 Å². The number of phenols is 4. The highest BCUT2D eigenvalue weighted by Gasteiger charge is 2.60. The summed E-state index contributed by atoms with van der Waals surface area (Å²) in [6, 6.07) is 6.35. The molecule has 1 aliphatic rings. The van der Waals surface area contributed by atoms with Gasteiger partial charge in [-0.05, 0) is 44.0 Å². The number of aliphatic hydroxyl groups is 1. The summed E-state index contributed by atoms with van der Waals surface area (Å²) in [6.07, 6.45) is 0. The number of hydrogen-bond donors (Lipinski definition) is 5. The Morgan fingerprint density at radius 2 is 1.58 bits per heavy atom. The third-order valence-electron chi connectivity index (χ3n) is 3.74. The Hall–Kier alpha value is -1.16. The number of ether oxygens (including phenoxy) is 1. The van der Waals surface area contributed by atoms with Gasteiger partial charge in [-0.3, -0.25) is 0 Å². The average Bonchev–Trinajstić information content (AvgIpc) is 2.47. The van der Waals surface area contributed by atoms with Crippen LogP contribution in [0.4, 0.5) is 0 Å². The Balaban J connectivity index is 2.23. The molecule has 9 heteroatoms. The van der Waals surface area contributed by atoms with Crippen molar-refractivity contribution in [1.29, 1.82) is 0 Å². The third-order valence-corrected chi connectivity index (χ3v) is 8.25. The van der Waals surface area contributed by atoms with E-state index in [4.69, 9.17) is 4.74 Å². The summed E-state index contributed by atoms with van der Waals surface area (Å²) >= 11 is 9.87. The molecule has 24 heavy (non-hydrogen) atoms. The van der Waals surface area contributed by atoms with Gasteiger partial charge in [0.05, 0.1) is 10.4 Å². The van der Waals surface area contributed by atoms with Crippen molar-refractivity contribution in [3.63, 3.8) is 0 Å². The number of hydrogen-bond acceptors (Lipinski definition) is 6. The van der Waals surface area contributed by atoms with E-state index in [9.17, 15) is 25.5 Å². The van der Waals surface area contributed by atoms with Gasteiger partial charge in [-0.2, -0.15) is 0 Å². The van der Waals surface area contributed by atoms with E-state index in [1.54, 1.807) is 0 Å². The molecule has 2 aromatic rings. The second-order valence-electron chi connectivity index (χ2n) is 5.31. The Labute approximate surface area is 161 Å². The maximum atomic E-state index is 11.0. The van der Waals surface area contributed by atoms with E-state index < -0.39 is 19.6 Å². The van der Waals surface area contributed by atoms with E-state index in [1.165, 1.54) is 24.3 Å². The first-order chi connectivity index (χ1) is 11.1. The number of benzene rings is 2. The predicted molar refractivity (Wildman–Crippen MR) is 96.3 cm³/mol. The molecule has 0 amide bonds. The molecule has 0 bridgehead atoms. The van der Waals surface area contributed by atoms with Crippen molar-refractivity contribution in [2.75, 3.05) is 0 Å². The maximum absolute atomic E-state index is 11.0. The van der Waals surface area contributed by atoms with E-state index in [-0.39, 0.29) is 34.1 Å². The van der Waals surface area contributed by atoms with E-state index in [2.05, 4.69) is 47.8 Å². The number of aromatic hydroxyl groups is 4. The first-order valence-electron chi connectivity index (χ1n) is 6.59. The summed E-state index contributed by atoms with van der Waals surface area (Å²) in [7, 11) is 0. The molecule has 5 N–H and O–H groups in total. The Kier molecular flexibility index (Phi) is 4.18. The molecule has 0 saturated heterocycles. The first kappa shape index (κ1) is 17.7. The summed E-state index contributed by atoms with van der Waals surface area (Å²) in [6.45, 7) is 0. The molecule has 0 aromatic heterocycles. The van der Waals surface area contributed by atoms with E-state index in [0.29, 0.717) is 0 Å². The molecule has 1 aliphatic heterocycles. The zero-order chi connectivity index (χ0) is 17.9. The van der Waals surface area contributed by atoms with Crippen LogP contribution in [0.1, 0.15) is 16.0 Å². The summed E-state index contributed by atoms with van der Waals surface area (Å²) in [5.74, 6) is -1.06. The highest BCUT2D eigenvalue weighted by molar-refractivity contribution is 9.14. The van der Waals surface area contributed by atoms with Gasteiger partial charge in [0.25, 0.3) is 0 Å². The molecule has 0 radical (unpaired) electrons. The lowest BCUT2D eigenvalue weighted by molar-refractivity contribution is -0.0232. The largest absolute Gasteiger partial charge is 0.508 e. The smallest absolute Gasteiger partial charge is 0.228 e. The van der Waals surface area contributed by atoms with Crippen LogP contribution in [0.15, 0.2) is 30.3 Å². The maximum Gasteiger partial charge on any atom is 0.228 e. The van der Waals surface area contributed by atoms with Crippen LogP contribution in [-0.2, 0) is 4.51 Å². The van der Waals surface area contributed by atoms with Crippen LogP contribution in [0.2, 0.25) is 0 Å². The van der Waals surface area contributed by atoms with Crippen LogP contribution in [0.5, 0.6) is 28.7 Å². The fraction of sp³-hybridized carbons (Fsp3) is 0.200. The fourth-order valence-corrected chi connectivity index (χ4v) is 4.78. The number of alkyl halides is 3. The summed E-state index contributed by atoms with van der Waals surface area (Å²) in [4.78, 5) is -0.843. The third kappa shape index (κ3) is 2.45. The number of halogens is 3. The lowest BCUT2D eigenvalue weighted by atomic mass is 9.93. The molecular weight excluding hydrogens is 516 g/mol. The van der Waals surface area contributed by atoms with Crippen molar-refractivity contribution in [3.05, 3.63) is 41.5 Å².